The fourth-order valence-electron chi connectivity index (χ4n) is 3.74. The van der Waals surface area contributed by atoms with E-state index >= 15 is 0 Å². The average Bonchev–Trinajstić information content (AvgIpc) is 3.16. The van der Waals surface area contributed by atoms with Crippen molar-refractivity contribution in [3.63, 3.8) is 0 Å². The van der Waals surface area contributed by atoms with E-state index in [0.717, 1.165) is 22.5 Å². The minimum absolute atomic E-state index is 0.0353. The maximum absolute atomic E-state index is 12.8. The minimum atomic E-state index is -3.84. The first kappa shape index (κ1) is 24.8. The van der Waals surface area contributed by atoms with E-state index in [1.54, 1.807) is 5.38 Å². The molecular formula is C21H29N3O5S3. The quantitative estimate of drug-likeness (QED) is 0.653. The molecule has 1 aromatic heterocycles. The van der Waals surface area contributed by atoms with Crippen molar-refractivity contribution in [2.75, 3.05) is 29.7 Å². The van der Waals surface area contributed by atoms with Gasteiger partial charge in [0.25, 0.3) is 5.91 Å². The van der Waals surface area contributed by atoms with E-state index in [1.807, 2.05) is 24.3 Å². The molecule has 1 aliphatic rings. The van der Waals surface area contributed by atoms with Crippen LogP contribution in [-0.4, -0.2) is 56.5 Å². The molecule has 11 heteroatoms. The van der Waals surface area contributed by atoms with E-state index < -0.39 is 24.9 Å². The number of nitrogens with zero attached hydrogens (tertiary/aromatic N) is 2. The fraction of sp³-hybridized carbons (Fsp3) is 0.524. The van der Waals surface area contributed by atoms with E-state index in [2.05, 4.69) is 31.1 Å². The van der Waals surface area contributed by atoms with Gasteiger partial charge >= 0.3 is 0 Å². The van der Waals surface area contributed by atoms with Crippen molar-refractivity contribution in [3.8, 4) is 0 Å². The first-order chi connectivity index (χ1) is 14.8. The Labute approximate surface area is 194 Å². The van der Waals surface area contributed by atoms with E-state index in [-0.39, 0.29) is 30.3 Å². The summed E-state index contributed by atoms with van der Waals surface area (Å²) in [7, 11) is -7.47. The van der Waals surface area contributed by atoms with Gasteiger partial charge in [-0.15, -0.1) is 11.3 Å². The van der Waals surface area contributed by atoms with Crippen molar-refractivity contribution in [2.24, 2.45) is 0 Å². The van der Waals surface area contributed by atoms with Crippen LogP contribution in [0.3, 0.4) is 0 Å². The molecule has 176 valence electrons. The second-order valence-electron chi connectivity index (χ2n) is 9.15. The number of nitrogens with one attached hydrogen (secondary N) is 1. The summed E-state index contributed by atoms with van der Waals surface area (Å²) in [6.45, 7) is 6.73. The zero-order valence-corrected chi connectivity index (χ0v) is 21.1. The molecule has 1 amide bonds. The van der Waals surface area contributed by atoms with Crippen LogP contribution >= 0.6 is 11.3 Å². The average molecular weight is 500 g/mol. The number of sulfone groups is 1. The number of anilines is 1. The molecule has 0 spiro atoms. The van der Waals surface area contributed by atoms with Crippen molar-refractivity contribution in [1.29, 1.82) is 0 Å². The molecule has 32 heavy (non-hydrogen) atoms. The second kappa shape index (κ2) is 9.20. The lowest BCUT2D eigenvalue weighted by atomic mass is 9.86. The van der Waals surface area contributed by atoms with Crippen LogP contribution in [-0.2, 0) is 25.3 Å². The Bertz CT molecular complexity index is 1190. The number of thiazole rings is 1. The largest absolute Gasteiger partial charge is 0.320 e. The molecule has 0 bridgehead atoms. The Kier molecular flexibility index (Phi) is 7.14. The molecule has 1 fully saturated rings. The SMILES string of the molecule is CC(C)(C)c1ccccc1NC(=O)c1csc(C2CCN(S(=O)(=O)CS(C)(=O)=O)CC2)n1. The van der Waals surface area contributed by atoms with E-state index in [9.17, 15) is 21.6 Å². The van der Waals surface area contributed by atoms with Crippen molar-refractivity contribution >= 4 is 42.8 Å². The Morgan fingerprint density at radius 3 is 2.38 bits per heavy atom. The predicted octanol–water partition coefficient (Wildman–Crippen LogP) is 3.20. The molecular weight excluding hydrogens is 470 g/mol. The van der Waals surface area contributed by atoms with Gasteiger partial charge in [-0.1, -0.05) is 39.0 Å². The van der Waals surface area contributed by atoms with Gasteiger partial charge in [0.15, 0.2) is 14.9 Å². The number of carbonyl (C=O) groups is 1. The number of rotatable bonds is 6. The number of carbonyl (C=O) groups excluding carboxylic acids is 1. The Hall–Kier alpha value is -1.82. The van der Waals surface area contributed by atoms with Gasteiger partial charge in [-0.2, -0.15) is 0 Å². The molecule has 0 atom stereocenters. The number of amides is 1. The molecule has 3 rings (SSSR count). The highest BCUT2D eigenvalue weighted by atomic mass is 32.3. The Morgan fingerprint density at radius 2 is 1.78 bits per heavy atom. The van der Waals surface area contributed by atoms with Crippen LogP contribution in [0.15, 0.2) is 29.6 Å². The number of sulfonamides is 1. The normalized spacial score (nSPS) is 16.8. The molecule has 1 aromatic carbocycles. The summed E-state index contributed by atoms with van der Waals surface area (Å²) in [5, 5.41) is 4.60. The van der Waals surface area contributed by atoms with E-state index in [4.69, 9.17) is 0 Å². The van der Waals surface area contributed by atoms with E-state index in [1.165, 1.54) is 15.6 Å². The summed E-state index contributed by atoms with van der Waals surface area (Å²) in [5.41, 5.74) is 2.00. The third-order valence-electron chi connectivity index (χ3n) is 5.30. The van der Waals surface area contributed by atoms with Gasteiger partial charge in [0.05, 0.1) is 5.01 Å². The number of benzene rings is 1. The summed E-state index contributed by atoms with van der Waals surface area (Å²) in [6.07, 6.45) is 1.98. The van der Waals surface area contributed by atoms with Crippen LogP contribution in [0, 0.1) is 0 Å². The first-order valence-corrected chi connectivity index (χ1v) is 14.8. The summed E-state index contributed by atoms with van der Waals surface area (Å²) >= 11 is 1.39. The molecule has 0 unspecified atom stereocenters. The summed E-state index contributed by atoms with van der Waals surface area (Å²) in [6, 6.07) is 7.69. The number of hydrogen-bond donors (Lipinski definition) is 1. The van der Waals surface area contributed by atoms with Crippen molar-refractivity contribution in [3.05, 3.63) is 45.9 Å². The van der Waals surface area contributed by atoms with Crippen LogP contribution in [0.4, 0.5) is 5.69 Å². The molecule has 1 saturated heterocycles. The third kappa shape index (κ3) is 6.15. The van der Waals surface area contributed by atoms with Gasteiger partial charge < -0.3 is 5.32 Å². The maximum Gasteiger partial charge on any atom is 0.275 e. The van der Waals surface area contributed by atoms with Gasteiger partial charge in [0.2, 0.25) is 10.0 Å². The minimum Gasteiger partial charge on any atom is -0.320 e. The van der Waals surface area contributed by atoms with Crippen molar-refractivity contribution in [2.45, 2.75) is 44.9 Å². The van der Waals surface area contributed by atoms with Gasteiger partial charge in [0, 0.05) is 36.3 Å². The van der Waals surface area contributed by atoms with Crippen LogP contribution in [0.25, 0.3) is 0 Å². The zero-order valence-electron chi connectivity index (χ0n) is 18.7. The number of aromatic nitrogens is 1. The first-order valence-electron chi connectivity index (χ1n) is 10.3. The highest BCUT2D eigenvalue weighted by Gasteiger charge is 2.32. The topological polar surface area (TPSA) is 114 Å². The lowest BCUT2D eigenvalue weighted by Gasteiger charge is -2.30. The fourth-order valence-corrected chi connectivity index (χ4v) is 8.24. The molecule has 0 radical (unpaired) electrons. The van der Waals surface area contributed by atoms with Crippen LogP contribution in [0.5, 0.6) is 0 Å². The third-order valence-corrected chi connectivity index (χ3v) is 10.4. The predicted molar refractivity (Wildman–Crippen MR) is 127 cm³/mol. The summed E-state index contributed by atoms with van der Waals surface area (Å²) in [4.78, 5) is 17.3. The lowest BCUT2D eigenvalue weighted by molar-refractivity contribution is 0.102. The molecule has 1 N–H and O–H groups in total. The monoisotopic (exact) mass is 499 g/mol. The highest BCUT2D eigenvalue weighted by molar-refractivity contribution is 8.06. The lowest BCUT2D eigenvalue weighted by Crippen LogP contribution is -2.40. The van der Waals surface area contributed by atoms with E-state index in [0.29, 0.717) is 18.5 Å². The summed E-state index contributed by atoms with van der Waals surface area (Å²) in [5.74, 6) is -0.245. The standard InChI is InChI=1S/C21H29N3O5S3/c1-21(2,3)16-7-5-6-8-17(16)22-19(25)18-13-30-20(23-18)15-9-11-24(12-10-15)32(28,29)14-31(4,26)27/h5-8,13,15H,9-12,14H2,1-4H3,(H,22,25). The van der Waals surface area contributed by atoms with Crippen molar-refractivity contribution in [1.82, 2.24) is 9.29 Å². The zero-order chi connectivity index (χ0) is 23.7. The molecule has 8 nitrogen and oxygen atoms in total. The number of piperidine rings is 1. The number of para-hydroxylation sites is 1. The van der Waals surface area contributed by atoms with Crippen LogP contribution in [0.2, 0.25) is 0 Å². The van der Waals surface area contributed by atoms with Crippen LogP contribution < -0.4 is 5.32 Å². The van der Waals surface area contributed by atoms with Gasteiger partial charge in [-0.05, 0) is 29.9 Å². The summed E-state index contributed by atoms with van der Waals surface area (Å²) < 4.78 is 48.6. The molecule has 1 aliphatic heterocycles. The smallest absolute Gasteiger partial charge is 0.275 e. The molecule has 2 heterocycles. The Balaban J connectivity index is 1.66. The number of hydrogen-bond acceptors (Lipinski definition) is 7. The van der Waals surface area contributed by atoms with Gasteiger partial charge in [-0.25, -0.2) is 26.1 Å². The highest BCUT2D eigenvalue weighted by Crippen LogP contribution is 2.32. The van der Waals surface area contributed by atoms with Gasteiger partial charge in [0.1, 0.15) is 5.69 Å². The van der Waals surface area contributed by atoms with Crippen LogP contribution in [0.1, 0.15) is 60.6 Å². The molecule has 0 saturated carbocycles. The molecule has 2 aromatic rings. The molecule has 0 aliphatic carbocycles. The maximum atomic E-state index is 12.8. The van der Waals surface area contributed by atoms with Crippen molar-refractivity contribution < 1.29 is 21.6 Å². The Morgan fingerprint density at radius 1 is 1.16 bits per heavy atom. The second-order valence-corrected chi connectivity index (χ2v) is 14.5. The van der Waals surface area contributed by atoms with Gasteiger partial charge in [-0.3, -0.25) is 4.79 Å².